The summed E-state index contributed by atoms with van der Waals surface area (Å²) in [4.78, 5) is 12.0. The lowest BCUT2D eigenvalue weighted by molar-refractivity contribution is -0.121. The molecule has 0 aliphatic carbocycles. The Kier molecular flexibility index (Phi) is 4.37. The highest BCUT2D eigenvalue weighted by atomic mass is 19.1. The van der Waals surface area contributed by atoms with E-state index in [1.165, 1.54) is 6.07 Å². The Morgan fingerprint density at radius 3 is 2.74 bits per heavy atom. The number of amides is 1. The van der Waals surface area contributed by atoms with Gasteiger partial charge in [-0.15, -0.1) is 0 Å². The first-order valence-corrected chi connectivity index (χ1v) is 7.57. The zero-order chi connectivity index (χ0) is 16.2. The van der Waals surface area contributed by atoms with Crippen LogP contribution in [0.25, 0.3) is 10.9 Å². The quantitative estimate of drug-likeness (QED) is 0.786. The fraction of sp³-hybridized carbons (Fsp3) is 0.222. The number of para-hydroxylation sites is 1. The van der Waals surface area contributed by atoms with Crippen molar-refractivity contribution in [1.82, 2.24) is 15.1 Å². The summed E-state index contributed by atoms with van der Waals surface area (Å²) in [6.07, 6.45) is 0.305. The maximum atomic E-state index is 13.5. The van der Waals surface area contributed by atoms with Crippen molar-refractivity contribution in [2.45, 2.75) is 26.4 Å². The molecular weight excluding hydrogens is 293 g/mol. The first-order chi connectivity index (χ1) is 11.1. The number of hydrogen-bond donors (Lipinski definition) is 1. The fourth-order valence-corrected chi connectivity index (χ4v) is 2.60. The Bertz CT molecular complexity index is 841. The van der Waals surface area contributed by atoms with Gasteiger partial charge in [-0.05, 0) is 19.1 Å². The topological polar surface area (TPSA) is 46.9 Å². The molecule has 5 heteroatoms. The molecule has 1 aromatic heterocycles. The van der Waals surface area contributed by atoms with Crippen LogP contribution in [0.15, 0.2) is 48.5 Å². The summed E-state index contributed by atoms with van der Waals surface area (Å²) < 4.78 is 15.3. The normalized spacial score (nSPS) is 10.9. The van der Waals surface area contributed by atoms with Crippen LogP contribution in [0.5, 0.6) is 0 Å². The van der Waals surface area contributed by atoms with Gasteiger partial charge < -0.3 is 5.32 Å². The molecule has 0 fully saturated rings. The second kappa shape index (κ2) is 6.60. The van der Waals surface area contributed by atoms with Crippen LogP contribution in [-0.4, -0.2) is 15.7 Å². The number of nitrogens with one attached hydrogen (secondary N) is 1. The Hall–Kier alpha value is -2.69. The molecule has 1 N–H and O–H groups in total. The highest BCUT2D eigenvalue weighted by Gasteiger charge is 2.09. The average molecular weight is 311 g/mol. The number of aromatic nitrogens is 2. The van der Waals surface area contributed by atoms with Crippen LogP contribution >= 0.6 is 0 Å². The minimum Gasteiger partial charge on any atom is -0.352 e. The van der Waals surface area contributed by atoms with Crippen molar-refractivity contribution in [1.29, 1.82) is 0 Å². The van der Waals surface area contributed by atoms with Gasteiger partial charge in [0.25, 0.3) is 0 Å². The van der Waals surface area contributed by atoms with E-state index >= 15 is 0 Å². The molecule has 0 radical (unpaired) electrons. The molecule has 1 amide bonds. The fourth-order valence-electron chi connectivity index (χ4n) is 2.60. The van der Waals surface area contributed by atoms with E-state index in [0.29, 0.717) is 18.5 Å². The van der Waals surface area contributed by atoms with Crippen LogP contribution in [-0.2, 0) is 17.9 Å². The molecule has 3 aromatic rings. The van der Waals surface area contributed by atoms with Gasteiger partial charge in [0.05, 0.1) is 17.8 Å². The second-order valence-corrected chi connectivity index (χ2v) is 5.44. The summed E-state index contributed by atoms with van der Waals surface area (Å²) in [5.41, 5.74) is 2.46. The van der Waals surface area contributed by atoms with Crippen molar-refractivity contribution in [2.75, 3.05) is 0 Å². The number of fused-ring (bicyclic) bond motifs is 1. The van der Waals surface area contributed by atoms with Gasteiger partial charge in [-0.3, -0.25) is 9.48 Å². The SMILES string of the molecule is Cc1nn(CCC(=O)NCc2ccccc2F)c2ccccc12. The number of carbonyl (C=O) groups excluding carboxylic acids is 1. The number of carbonyl (C=O) groups is 1. The minimum atomic E-state index is -0.304. The van der Waals surface area contributed by atoms with Gasteiger partial charge in [0, 0.05) is 23.9 Å². The molecule has 0 saturated heterocycles. The highest BCUT2D eigenvalue weighted by Crippen LogP contribution is 2.17. The van der Waals surface area contributed by atoms with Crippen LogP contribution in [0.3, 0.4) is 0 Å². The van der Waals surface area contributed by atoms with Gasteiger partial charge in [-0.1, -0.05) is 36.4 Å². The van der Waals surface area contributed by atoms with E-state index in [1.54, 1.807) is 18.2 Å². The summed E-state index contributed by atoms with van der Waals surface area (Å²) in [5.74, 6) is -0.424. The maximum absolute atomic E-state index is 13.5. The summed E-state index contributed by atoms with van der Waals surface area (Å²) in [6, 6.07) is 14.4. The molecule has 1 heterocycles. The number of nitrogens with zero attached hydrogens (tertiary/aromatic N) is 2. The van der Waals surface area contributed by atoms with E-state index in [1.807, 2.05) is 35.9 Å². The molecule has 0 saturated carbocycles. The third-order valence-electron chi connectivity index (χ3n) is 3.83. The average Bonchev–Trinajstić information content (AvgIpc) is 2.89. The molecule has 0 aliphatic rings. The Morgan fingerprint density at radius 1 is 1.17 bits per heavy atom. The van der Waals surface area contributed by atoms with E-state index in [2.05, 4.69) is 10.4 Å². The number of aryl methyl sites for hydroxylation is 2. The van der Waals surface area contributed by atoms with Gasteiger partial charge in [0.15, 0.2) is 0 Å². The summed E-state index contributed by atoms with van der Waals surface area (Å²) in [7, 11) is 0. The van der Waals surface area contributed by atoms with Crippen LogP contribution in [0, 0.1) is 12.7 Å². The van der Waals surface area contributed by atoms with E-state index in [9.17, 15) is 9.18 Å². The minimum absolute atomic E-state index is 0.120. The van der Waals surface area contributed by atoms with Gasteiger partial charge in [-0.2, -0.15) is 5.10 Å². The van der Waals surface area contributed by atoms with Crippen molar-refractivity contribution >= 4 is 16.8 Å². The predicted molar refractivity (Wildman–Crippen MR) is 87.3 cm³/mol. The summed E-state index contributed by atoms with van der Waals surface area (Å²) in [5, 5.41) is 8.31. The van der Waals surface area contributed by atoms with E-state index in [4.69, 9.17) is 0 Å². The monoisotopic (exact) mass is 311 g/mol. The zero-order valence-electron chi connectivity index (χ0n) is 12.9. The maximum Gasteiger partial charge on any atom is 0.222 e. The summed E-state index contributed by atoms with van der Waals surface area (Å²) in [6.45, 7) is 2.65. The van der Waals surface area contributed by atoms with Gasteiger partial charge >= 0.3 is 0 Å². The van der Waals surface area contributed by atoms with Crippen LogP contribution in [0.1, 0.15) is 17.7 Å². The van der Waals surface area contributed by atoms with Crippen molar-refractivity contribution in [2.24, 2.45) is 0 Å². The molecule has 0 unspecified atom stereocenters. The molecule has 118 valence electrons. The lowest BCUT2D eigenvalue weighted by atomic mass is 10.2. The van der Waals surface area contributed by atoms with Crippen molar-refractivity contribution < 1.29 is 9.18 Å². The van der Waals surface area contributed by atoms with E-state index in [0.717, 1.165) is 16.6 Å². The Morgan fingerprint density at radius 2 is 1.91 bits per heavy atom. The molecule has 0 atom stereocenters. The van der Waals surface area contributed by atoms with Crippen molar-refractivity contribution in [3.05, 3.63) is 65.6 Å². The van der Waals surface area contributed by atoms with Gasteiger partial charge in [-0.25, -0.2) is 4.39 Å². The summed E-state index contributed by atoms with van der Waals surface area (Å²) >= 11 is 0. The lowest BCUT2D eigenvalue weighted by Crippen LogP contribution is -2.24. The second-order valence-electron chi connectivity index (χ2n) is 5.44. The predicted octanol–water partition coefficient (Wildman–Crippen LogP) is 3.19. The van der Waals surface area contributed by atoms with E-state index < -0.39 is 0 Å². The molecule has 0 aliphatic heterocycles. The molecule has 0 spiro atoms. The molecule has 0 bridgehead atoms. The molecule has 4 nitrogen and oxygen atoms in total. The van der Waals surface area contributed by atoms with Gasteiger partial charge in [0.1, 0.15) is 5.82 Å². The van der Waals surface area contributed by atoms with Gasteiger partial charge in [0.2, 0.25) is 5.91 Å². The van der Waals surface area contributed by atoms with Crippen molar-refractivity contribution in [3.63, 3.8) is 0 Å². The third-order valence-corrected chi connectivity index (χ3v) is 3.83. The van der Waals surface area contributed by atoms with Crippen LogP contribution in [0.2, 0.25) is 0 Å². The first kappa shape index (κ1) is 15.2. The molecular formula is C18H18FN3O. The van der Waals surface area contributed by atoms with Crippen LogP contribution < -0.4 is 5.32 Å². The third kappa shape index (κ3) is 3.39. The lowest BCUT2D eigenvalue weighted by Gasteiger charge is -2.07. The number of halogens is 1. The van der Waals surface area contributed by atoms with E-state index in [-0.39, 0.29) is 18.3 Å². The first-order valence-electron chi connectivity index (χ1n) is 7.57. The Labute approximate surface area is 133 Å². The number of benzene rings is 2. The molecule has 2 aromatic carbocycles. The largest absolute Gasteiger partial charge is 0.352 e. The van der Waals surface area contributed by atoms with Crippen LogP contribution in [0.4, 0.5) is 4.39 Å². The standard InChI is InChI=1S/C18H18FN3O/c1-13-15-7-3-5-9-17(15)22(21-13)11-10-18(23)20-12-14-6-2-4-8-16(14)19/h2-9H,10-12H2,1H3,(H,20,23). The molecule has 3 rings (SSSR count). The highest BCUT2D eigenvalue weighted by molar-refractivity contribution is 5.82. The molecule has 23 heavy (non-hydrogen) atoms. The smallest absolute Gasteiger partial charge is 0.222 e. The Balaban J connectivity index is 1.59. The number of hydrogen-bond acceptors (Lipinski definition) is 2. The zero-order valence-corrected chi connectivity index (χ0v) is 12.9. The van der Waals surface area contributed by atoms with Crippen molar-refractivity contribution in [3.8, 4) is 0 Å². The number of rotatable bonds is 5.